The summed E-state index contributed by atoms with van der Waals surface area (Å²) in [6, 6.07) is 6.39. The van der Waals surface area contributed by atoms with E-state index < -0.39 is 6.10 Å². The predicted octanol–water partition coefficient (Wildman–Crippen LogP) is 4.70. The number of halogens is 2. The molecule has 106 valence electrons. The first-order valence-electron chi connectivity index (χ1n) is 6.87. The molecule has 1 N–H and O–H groups in total. The number of aliphatic hydroxyl groups excluding tert-OH is 1. The Bertz CT molecular complexity index is 599. The van der Waals surface area contributed by atoms with Gasteiger partial charge in [0.15, 0.2) is 0 Å². The van der Waals surface area contributed by atoms with Crippen LogP contribution in [0.1, 0.15) is 39.8 Å². The van der Waals surface area contributed by atoms with Crippen LogP contribution < -0.4 is 0 Å². The van der Waals surface area contributed by atoms with Crippen LogP contribution in [0.15, 0.2) is 24.3 Å². The second-order valence-corrected chi connectivity index (χ2v) is 6.84. The van der Waals surface area contributed by atoms with Crippen molar-refractivity contribution in [3.8, 4) is 0 Å². The Hall–Kier alpha value is -0.900. The molecule has 1 unspecified atom stereocenters. The van der Waals surface area contributed by atoms with E-state index in [0.717, 1.165) is 17.7 Å². The van der Waals surface area contributed by atoms with Crippen LogP contribution in [0.3, 0.4) is 0 Å². The summed E-state index contributed by atoms with van der Waals surface area (Å²) in [6.45, 7) is 0. The summed E-state index contributed by atoms with van der Waals surface area (Å²) in [5.41, 5.74) is 2.03. The lowest BCUT2D eigenvalue weighted by atomic mass is 9.98. The topological polar surface area (TPSA) is 20.2 Å². The third kappa shape index (κ3) is 2.90. The summed E-state index contributed by atoms with van der Waals surface area (Å²) in [7, 11) is 0. The third-order valence-electron chi connectivity index (χ3n) is 3.77. The van der Waals surface area contributed by atoms with Gasteiger partial charge in [-0.2, -0.15) is 0 Å². The number of aliphatic hydroxyl groups is 1. The number of benzene rings is 1. The van der Waals surface area contributed by atoms with Gasteiger partial charge in [0.2, 0.25) is 0 Å². The average molecular weight is 311 g/mol. The molecular weight excluding hydrogens is 295 g/mol. The van der Waals surface area contributed by atoms with Gasteiger partial charge in [0.1, 0.15) is 5.82 Å². The second-order valence-electron chi connectivity index (χ2n) is 5.26. The van der Waals surface area contributed by atoms with Crippen LogP contribution >= 0.6 is 22.9 Å². The molecule has 0 saturated carbocycles. The predicted molar refractivity (Wildman–Crippen MR) is 81.0 cm³/mol. The molecule has 0 spiro atoms. The number of hydrogen-bond acceptors (Lipinski definition) is 2. The molecule has 1 atom stereocenters. The first-order valence-corrected chi connectivity index (χ1v) is 8.06. The smallest absolute Gasteiger partial charge is 0.123 e. The molecule has 0 fully saturated rings. The molecule has 1 aromatic heterocycles. The van der Waals surface area contributed by atoms with Crippen molar-refractivity contribution in [2.75, 3.05) is 0 Å². The Labute approximate surface area is 127 Å². The van der Waals surface area contributed by atoms with Crippen molar-refractivity contribution in [2.45, 2.75) is 38.2 Å². The van der Waals surface area contributed by atoms with E-state index in [2.05, 4.69) is 6.07 Å². The van der Waals surface area contributed by atoms with E-state index in [-0.39, 0.29) is 5.82 Å². The molecule has 1 aromatic carbocycles. The van der Waals surface area contributed by atoms with E-state index >= 15 is 0 Å². The SMILES string of the molecule is OC(Cc1cc(F)ccc1Cl)c1cc2c(s1)CCCC2. The fraction of sp³-hybridized carbons (Fsp3) is 0.375. The van der Waals surface area contributed by atoms with Gasteiger partial charge < -0.3 is 5.11 Å². The van der Waals surface area contributed by atoms with Gasteiger partial charge in [0.25, 0.3) is 0 Å². The van der Waals surface area contributed by atoms with Gasteiger partial charge in [0, 0.05) is 21.2 Å². The van der Waals surface area contributed by atoms with Crippen LogP contribution in [0.5, 0.6) is 0 Å². The summed E-state index contributed by atoms with van der Waals surface area (Å²) >= 11 is 7.74. The highest BCUT2D eigenvalue weighted by atomic mass is 35.5. The van der Waals surface area contributed by atoms with Crippen molar-refractivity contribution in [1.29, 1.82) is 0 Å². The zero-order valence-electron chi connectivity index (χ0n) is 11.0. The molecule has 0 aliphatic heterocycles. The van der Waals surface area contributed by atoms with Crippen LogP contribution in [0.25, 0.3) is 0 Å². The molecule has 20 heavy (non-hydrogen) atoms. The maximum Gasteiger partial charge on any atom is 0.123 e. The number of aryl methyl sites for hydroxylation is 2. The van der Waals surface area contributed by atoms with E-state index in [9.17, 15) is 9.50 Å². The lowest BCUT2D eigenvalue weighted by Gasteiger charge is -2.10. The van der Waals surface area contributed by atoms with Crippen molar-refractivity contribution in [3.63, 3.8) is 0 Å². The second kappa shape index (κ2) is 5.84. The van der Waals surface area contributed by atoms with Crippen LogP contribution in [-0.2, 0) is 19.3 Å². The van der Waals surface area contributed by atoms with Gasteiger partial charge in [-0.25, -0.2) is 4.39 Å². The minimum absolute atomic E-state index is 0.318. The standard InChI is InChI=1S/C16H16ClFOS/c17-13-6-5-12(18)7-11(13)8-14(19)16-9-10-3-1-2-4-15(10)20-16/h5-7,9,14,19H,1-4,8H2. The molecule has 1 nitrogen and oxygen atoms in total. The summed E-state index contributed by atoms with van der Waals surface area (Å²) in [4.78, 5) is 2.37. The van der Waals surface area contributed by atoms with Crippen molar-refractivity contribution in [2.24, 2.45) is 0 Å². The Kier molecular flexibility index (Phi) is 4.11. The maximum absolute atomic E-state index is 13.2. The molecule has 4 heteroatoms. The van der Waals surface area contributed by atoms with Gasteiger partial charge in [-0.05, 0) is 61.1 Å². The van der Waals surface area contributed by atoms with Gasteiger partial charge >= 0.3 is 0 Å². The van der Waals surface area contributed by atoms with Gasteiger partial charge in [-0.1, -0.05) is 11.6 Å². The molecular formula is C16H16ClFOS. The summed E-state index contributed by atoms with van der Waals surface area (Å²) < 4.78 is 13.2. The zero-order valence-corrected chi connectivity index (χ0v) is 12.6. The van der Waals surface area contributed by atoms with Crippen molar-refractivity contribution in [1.82, 2.24) is 0 Å². The number of fused-ring (bicyclic) bond motifs is 1. The molecule has 3 rings (SSSR count). The molecule has 1 heterocycles. The van der Waals surface area contributed by atoms with Crippen LogP contribution in [0, 0.1) is 5.82 Å². The molecule has 0 radical (unpaired) electrons. The van der Waals surface area contributed by atoms with Crippen molar-refractivity contribution in [3.05, 3.63) is 56.0 Å². The highest BCUT2D eigenvalue weighted by Crippen LogP contribution is 2.34. The van der Waals surface area contributed by atoms with E-state index in [0.29, 0.717) is 17.0 Å². The fourth-order valence-corrected chi connectivity index (χ4v) is 4.12. The van der Waals surface area contributed by atoms with Gasteiger partial charge in [-0.3, -0.25) is 0 Å². The highest BCUT2D eigenvalue weighted by molar-refractivity contribution is 7.12. The van der Waals surface area contributed by atoms with E-state index in [4.69, 9.17) is 11.6 Å². The molecule has 1 aliphatic rings. The first-order chi connectivity index (χ1) is 9.63. The normalized spacial score (nSPS) is 15.9. The third-order valence-corrected chi connectivity index (χ3v) is 5.47. The van der Waals surface area contributed by atoms with E-state index in [1.54, 1.807) is 17.4 Å². The minimum Gasteiger partial charge on any atom is -0.387 e. The molecule has 2 aromatic rings. The Morgan fingerprint density at radius 1 is 1.25 bits per heavy atom. The quantitative estimate of drug-likeness (QED) is 0.871. The Balaban J connectivity index is 1.80. The minimum atomic E-state index is -0.607. The Morgan fingerprint density at radius 3 is 2.85 bits per heavy atom. The number of rotatable bonds is 3. The van der Waals surface area contributed by atoms with Crippen LogP contribution in [0.2, 0.25) is 5.02 Å². The number of hydrogen-bond donors (Lipinski definition) is 1. The van der Waals surface area contributed by atoms with Crippen molar-refractivity contribution < 1.29 is 9.50 Å². The van der Waals surface area contributed by atoms with Crippen molar-refractivity contribution >= 4 is 22.9 Å². The van der Waals surface area contributed by atoms with Crippen LogP contribution in [-0.4, -0.2) is 5.11 Å². The summed E-state index contributed by atoms with van der Waals surface area (Å²) in [6.07, 6.45) is 4.45. The van der Waals surface area contributed by atoms with E-state index in [1.807, 2.05) is 0 Å². The van der Waals surface area contributed by atoms with Gasteiger partial charge in [0.05, 0.1) is 6.10 Å². The molecule has 0 bridgehead atoms. The Morgan fingerprint density at radius 2 is 2.05 bits per heavy atom. The molecule has 1 aliphatic carbocycles. The summed E-state index contributed by atoms with van der Waals surface area (Å²) in [5, 5.41) is 10.9. The fourth-order valence-electron chi connectivity index (χ4n) is 2.69. The summed E-state index contributed by atoms with van der Waals surface area (Å²) in [5.74, 6) is -0.318. The maximum atomic E-state index is 13.2. The monoisotopic (exact) mass is 310 g/mol. The number of thiophene rings is 1. The zero-order chi connectivity index (χ0) is 14.1. The lowest BCUT2D eigenvalue weighted by molar-refractivity contribution is 0.182. The first kappa shape index (κ1) is 14.1. The molecule has 0 saturated heterocycles. The largest absolute Gasteiger partial charge is 0.387 e. The van der Waals surface area contributed by atoms with Gasteiger partial charge in [-0.15, -0.1) is 11.3 Å². The van der Waals surface area contributed by atoms with E-state index in [1.165, 1.54) is 35.4 Å². The average Bonchev–Trinajstić information content (AvgIpc) is 2.87. The van der Waals surface area contributed by atoms with Crippen LogP contribution in [0.4, 0.5) is 4.39 Å². The molecule has 0 amide bonds. The highest BCUT2D eigenvalue weighted by Gasteiger charge is 2.18. The lowest BCUT2D eigenvalue weighted by Crippen LogP contribution is -2.01.